The number of nitrogens with zero attached hydrogens (tertiary/aromatic N) is 2. The van der Waals surface area contributed by atoms with Crippen LogP contribution in [0.2, 0.25) is 0 Å². The Labute approximate surface area is 106 Å². The first kappa shape index (κ1) is 13.2. The SMILES string of the molecule is CNc1cccnc1S(=O)(=O)NN1CCOCC1. The summed E-state index contributed by atoms with van der Waals surface area (Å²) in [6.45, 7) is 2.09. The molecule has 0 atom stereocenters. The Morgan fingerprint density at radius 1 is 1.39 bits per heavy atom. The van der Waals surface area contributed by atoms with Crippen molar-refractivity contribution in [3.63, 3.8) is 0 Å². The number of ether oxygens (including phenoxy) is 1. The zero-order valence-electron chi connectivity index (χ0n) is 10.1. The Bertz CT molecular complexity index is 500. The summed E-state index contributed by atoms with van der Waals surface area (Å²) in [7, 11) is -2.00. The van der Waals surface area contributed by atoms with E-state index in [1.165, 1.54) is 6.20 Å². The average molecular weight is 272 g/mol. The number of nitrogens with one attached hydrogen (secondary N) is 2. The highest BCUT2D eigenvalue weighted by molar-refractivity contribution is 7.89. The number of hydrogen-bond acceptors (Lipinski definition) is 6. The first-order chi connectivity index (χ1) is 8.63. The molecule has 1 saturated heterocycles. The zero-order valence-corrected chi connectivity index (χ0v) is 10.9. The van der Waals surface area contributed by atoms with Gasteiger partial charge < -0.3 is 10.1 Å². The Kier molecular flexibility index (Phi) is 4.12. The molecule has 0 unspecified atom stereocenters. The minimum absolute atomic E-state index is 0.000933. The molecule has 0 radical (unpaired) electrons. The second-order valence-electron chi connectivity index (χ2n) is 3.80. The lowest BCUT2D eigenvalue weighted by molar-refractivity contribution is 0.0272. The molecule has 2 heterocycles. The van der Waals surface area contributed by atoms with Crippen LogP contribution < -0.4 is 10.1 Å². The van der Waals surface area contributed by atoms with Crippen LogP contribution in [-0.4, -0.2) is 51.8 Å². The van der Waals surface area contributed by atoms with Crippen LogP contribution in [0.5, 0.6) is 0 Å². The van der Waals surface area contributed by atoms with Crippen LogP contribution in [0.1, 0.15) is 0 Å². The fraction of sp³-hybridized carbons (Fsp3) is 0.500. The van der Waals surface area contributed by atoms with Gasteiger partial charge in [0.25, 0.3) is 10.0 Å². The van der Waals surface area contributed by atoms with E-state index in [1.54, 1.807) is 24.2 Å². The van der Waals surface area contributed by atoms with Gasteiger partial charge in [-0.2, -0.15) is 0 Å². The third-order valence-electron chi connectivity index (χ3n) is 2.56. The normalized spacial score (nSPS) is 17.6. The van der Waals surface area contributed by atoms with Crippen LogP contribution >= 0.6 is 0 Å². The van der Waals surface area contributed by atoms with Gasteiger partial charge in [-0.05, 0) is 12.1 Å². The monoisotopic (exact) mass is 272 g/mol. The molecular formula is C10H16N4O3S. The van der Waals surface area contributed by atoms with Gasteiger partial charge in [-0.25, -0.2) is 18.4 Å². The molecule has 100 valence electrons. The Balaban J connectivity index is 2.19. The van der Waals surface area contributed by atoms with E-state index in [0.29, 0.717) is 32.0 Å². The van der Waals surface area contributed by atoms with Crippen LogP contribution in [0, 0.1) is 0 Å². The number of sulfonamides is 1. The lowest BCUT2D eigenvalue weighted by Gasteiger charge is -2.26. The fourth-order valence-corrected chi connectivity index (χ4v) is 2.93. The number of anilines is 1. The van der Waals surface area contributed by atoms with Crippen molar-refractivity contribution < 1.29 is 13.2 Å². The van der Waals surface area contributed by atoms with Crippen molar-refractivity contribution in [2.45, 2.75) is 5.03 Å². The maximum atomic E-state index is 12.2. The minimum atomic E-state index is -3.66. The number of rotatable bonds is 4. The summed E-state index contributed by atoms with van der Waals surface area (Å²) in [5, 5.41) is 4.43. The summed E-state index contributed by atoms with van der Waals surface area (Å²) >= 11 is 0. The van der Waals surface area contributed by atoms with E-state index >= 15 is 0 Å². The fourth-order valence-electron chi connectivity index (χ4n) is 1.66. The Morgan fingerprint density at radius 3 is 2.78 bits per heavy atom. The summed E-state index contributed by atoms with van der Waals surface area (Å²) in [6, 6.07) is 3.35. The van der Waals surface area contributed by atoms with Crippen molar-refractivity contribution in [2.24, 2.45) is 0 Å². The summed E-state index contributed by atoms with van der Waals surface area (Å²) in [5.41, 5.74) is 0.471. The molecule has 2 N–H and O–H groups in total. The van der Waals surface area contributed by atoms with Crippen molar-refractivity contribution in [3.8, 4) is 0 Å². The third kappa shape index (κ3) is 2.96. The van der Waals surface area contributed by atoms with Gasteiger partial charge in [0.05, 0.1) is 18.9 Å². The number of morpholine rings is 1. The van der Waals surface area contributed by atoms with E-state index in [-0.39, 0.29) is 5.03 Å². The van der Waals surface area contributed by atoms with Crippen LogP contribution in [-0.2, 0) is 14.8 Å². The molecule has 1 aromatic heterocycles. The lowest BCUT2D eigenvalue weighted by Crippen LogP contribution is -2.48. The van der Waals surface area contributed by atoms with Crippen molar-refractivity contribution in [1.82, 2.24) is 14.8 Å². The predicted octanol–water partition coefficient (Wildman–Crippen LogP) is -0.351. The van der Waals surface area contributed by atoms with Crippen LogP contribution in [0.4, 0.5) is 5.69 Å². The van der Waals surface area contributed by atoms with E-state index in [4.69, 9.17) is 4.74 Å². The minimum Gasteiger partial charge on any atom is -0.386 e. The molecule has 0 spiro atoms. The van der Waals surface area contributed by atoms with Gasteiger partial charge in [-0.3, -0.25) is 0 Å². The second kappa shape index (κ2) is 5.61. The largest absolute Gasteiger partial charge is 0.386 e. The van der Waals surface area contributed by atoms with E-state index in [0.717, 1.165) is 0 Å². The van der Waals surface area contributed by atoms with Crippen molar-refractivity contribution in [3.05, 3.63) is 18.3 Å². The molecule has 0 amide bonds. The van der Waals surface area contributed by atoms with Gasteiger partial charge in [0, 0.05) is 26.3 Å². The molecule has 0 aromatic carbocycles. The highest BCUT2D eigenvalue weighted by atomic mass is 32.2. The molecular weight excluding hydrogens is 256 g/mol. The molecule has 1 aromatic rings. The summed E-state index contributed by atoms with van der Waals surface area (Å²) in [5.74, 6) is 0. The van der Waals surface area contributed by atoms with E-state index in [9.17, 15) is 8.42 Å². The van der Waals surface area contributed by atoms with Gasteiger partial charge in [0.1, 0.15) is 0 Å². The third-order valence-corrected chi connectivity index (χ3v) is 3.89. The van der Waals surface area contributed by atoms with Crippen molar-refractivity contribution in [2.75, 3.05) is 38.7 Å². The summed E-state index contributed by atoms with van der Waals surface area (Å²) < 4.78 is 29.5. The van der Waals surface area contributed by atoms with Crippen molar-refractivity contribution in [1.29, 1.82) is 0 Å². The summed E-state index contributed by atoms with van der Waals surface area (Å²) in [4.78, 5) is 6.43. The number of hydrazine groups is 1. The van der Waals surface area contributed by atoms with Crippen LogP contribution in [0.15, 0.2) is 23.4 Å². The Morgan fingerprint density at radius 2 is 2.11 bits per heavy atom. The first-order valence-corrected chi connectivity index (χ1v) is 7.10. The molecule has 1 aliphatic heterocycles. The number of hydrogen-bond donors (Lipinski definition) is 2. The van der Waals surface area contributed by atoms with Gasteiger partial charge in [-0.15, -0.1) is 4.83 Å². The summed E-state index contributed by atoms with van der Waals surface area (Å²) in [6.07, 6.45) is 1.45. The average Bonchev–Trinajstić information content (AvgIpc) is 2.39. The molecule has 7 nitrogen and oxygen atoms in total. The number of aromatic nitrogens is 1. The van der Waals surface area contributed by atoms with E-state index in [1.807, 2.05) is 0 Å². The van der Waals surface area contributed by atoms with E-state index < -0.39 is 10.0 Å². The predicted molar refractivity (Wildman–Crippen MR) is 66.5 cm³/mol. The maximum Gasteiger partial charge on any atom is 0.273 e. The van der Waals surface area contributed by atoms with Gasteiger partial charge in [-0.1, -0.05) is 0 Å². The highest BCUT2D eigenvalue weighted by Gasteiger charge is 2.23. The van der Waals surface area contributed by atoms with Crippen LogP contribution in [0.3, 0.4) is 0 Å². The number of pyridine rings is 1. The molecule has 18 heavy (non-hydrogen) atoms. The Hall–Kier alpha value is -1.22. The highest BCUT2D eigenvalue weighted by Crippen LogP contribution is 2.17. The molecule has 2 rings (SSSR count). The molecule has 0 bridgehead atoms. The van der Waals surface area contributed by atoms with E-state index in [2.05, 4.69) is 15.1 Å². The van der Waals surface area contributed by atoms with Crippen molar-refractivity contribution >= 4 is 15.7 Å². The standard InChI is InChI=1S/C10H16N4O3S/c1-11-9-3-2-4-12-10(9)18(15,16)13-14-5-7-17-8-6-14/h2-4,11,13H,5-8H2,1H3. The molecule has 1 fully saturated rings. The quantitative estimate of drug-likeness (QED) is 0.779. The van der Waals surface area contributed by atoms with Gasteiger partial charge >= 0.3 is 0 Å². The maximum absolute atomic E-state index is 12.2. The zero-order chi connectivity index (χ0) is 13.0. The van der Waals surface area contributed by atoms with Crippen LogP contribution in [0.25, 0.3) is 0 Å². The second-order valence-corrected chi connectivity index (χ2v) is 5.38. The topological polar surface area (TPSA) is 83.6 Å². The molecule has 0 saturated carbocycles. The van der Waals surface area contributed by atoms with Gasteiger partial charge in [0.2, 0.25) is 0 Å². The first-order valence-electron chi connectivity index (χ1n) is 5.61. The molecule has 0 aliphatic carbocycles. The smallest absolute Gasteiger partial charge is 0.273 e. The van der Waals surface area contributed by atoms with Gasteiger partial charge in [0.15, 0.2) is 5.03 Å². The molecule has 8 heteroatoms. The molecule has 1 aliphatic rings. The lowest BCUT2D eigenvalue weighted by atomic mass is 10.4.